The van der Waals surface area contributed by atoms with Gasteiger partial charge in [-0.3, -0.25) is 4.79 Å². The van der Waals surface area contributed by atoms with Gasteiger partial charge in [-0.25, -0.2) is 0 Å². The first-order valence-corrected chi connectivity index (χ1v) is 5.34. The van der Waals surface area contributed by atoms with Gasteiger partial charge in [-0.15, -0.1) is 6.58 Å². The van der Waals surface area contributed by atoms with Gasteiger partial charge in [0.05, 0.1) is 12.6 Å². The molecule has 0 saturated heterocycles. The first-order chi connectivity index (χ1) is 7.11. The molecule has 0 rings (SSSR count). The fourth-order valence-corrected chi connectivity index (χ4v) is 1.17. The predicted octanol–water partition coefficient (Wildman–Crippen LogP) is 0.692. The molecule has 0 aliphatic heterocycles. The van der Waals surface area contributed by atoms with Crippen molar-refractivity contribution >= 4 is 5.91 Å². The molecular formula is C11H22N2O2. The highest BCUT2D eigenvalue weighted by molar-refractivity contribution is 5.81. The Morgan fingerprint density at radius 2 is 2.20 bits per heavy atom. The fraction of sp³-hybridized carbons (Fsp3) is 0.727. The number of ether oxygens (including phenoxy) is 1. The molecule has 0 saturated carbocycles. The molecule has 0 aliphatic rings. The van der Waals surface area contributed by atoms with Gasteiger partial charge in [-0.2, -0.15) is 0 Å². The summed E-state index contributed by atoms with van der Waals surface area (Å²) >= 11 is 0. The molecule has 2 unspecified atom stereocenters. The van der Waals surface area contributed by atoms with Crippen molar-refractivity contribution in [1.82, 2.24) is 10.6 Å². The monoisotopic (exact) mass is 214 g/mol. The van der Waals surface area contributed by atoms with Crippen LogP contribution in [0.2, 0.25) is 0 Å². The number of amides is 1. The number of carbonyl (C=O) groups excluding carboxylic acids is 1. The van der Waals surface area contributed by atoms with Gasteiger partial charge in [0.25, 0.3) is 0 Å². The number of carbonyl (C=O) groups is 1. The lowest BCUT2D eigenvalue weighted by Gasteiger charge is -2.19. The summed E-state index contributed by atoms with van der Waals surface area (Å²) < 4.78 is 5.25. The Balaban J connectivity index is 3.74. The third-order valence-electron chi connectivity index (χ3n) is 1.92. The molecule has 0 radical (unpaired) electrons. The lowest BCUT2D eigenvalue weighted by atomic mass is 10.2. The van der Waals surface area contributed by atoms with Gasteiger partial charge < -0.3 is 15.4 Å². The molecule has 0 aromatic rings. The third-order valence-corrected chi connectivity index (χ3v) is 1.92. The molecule has 0 aliphatic carbocycles. The minimum atomic E-state index is -0.208. The summed E-state index contributed by atoms with van der Waals surface area (Å²) in [6.45, 7) is 11.1. The van der Waals surface area contributed by atoms with Crippen molar-refractivity contribution in [2.75, 3.05) is 19.8 Å². The molecule has 88 valence electrons. The Bertz CT molecular complexity index is 195. The molecule has 4 heteroatoms. The number of hydrogen-bond acceptors (Lipinski definition) is 3. The van der Waals surface area contributed by atoms with E-state index in [9.17, 15) is 4.79 Å². The molecule has 2 N–H and O–H groups in total. The van der Waals surface area contributed by atoms with Gasteiger partial charge in [0.1, 0.15) is 0 Å². The Morgan fingerprint density at radius 3 is 2.73 bits per heavy atom. The average Bonchev–Trinajstić information content (AvgIpc) is 2.22. The second-order valence-electron chi connectivity index (χ2n) is 3.48. The van der Waals surface area contributed by atoms with Crippen LogP contribution in [-0.2, 0) is 9.53 Å². The molecule has 0 bridgehead atoms. The minimum Gasteiger partial charge on any atom is -0.380 e. The number of nitrogens with one attached hydrogen (secondary N) is 2. The molecule has 0 heterocycles. The molecule has 15 heavy (non-hydrogen) atoms. The smallest absolute Gasteiger partial charge is 0.237 e. The summed E-state index contributed by atoms with van der Waals surface area (Å²) in [6.07, 6.45) is 1.66. The van der Waals surface area contributed by atoms with Gasteiger partial charge in [0.2, 0.25) is 5.91 Å². The maximum atomic E-state index is 11.4. The molecule has 0 fully saturated rings. The first kappa shape index (κ1) is 14.1. The van der Waals surface area contributed by atoms with Crippen molar-refractivity contribution < 1.29 is 9.53 Å². The van der Waals surface area contributed by atoms with Crippen LogP contribution in [0.1, 0.15) is 20.8 Å². The Kier molecular flexibility index (Phi) is 7.95. The second-order valence-corrected chi connectivity index (χ2v) is 3.48. The average molecular weight is 214 g/mol. The summed E-state index contributed by atoms with van der Waals surface area (Å²) in [4.78, 5) is 11.4. The SMILES string of the molecule is C=CCNC(=O)C(C)NC(C)COCC. The van der Waals surface area contributed by atoms with Crippen LogP contribution in [0, 0.1) is 0 Å². The summed E-state index contributed by atoms with van der Waals surface area (Å²) in [5, 5.41) is 5.89. The second kappa shape index (κ2) is 8.44. The van der Waals surface area contributed by atoms with Gasteiger partial charge in [-0.1, -0.05) is 6.08 Å². The van der Waals surface area contributed by atoms with Crippen LogP contribution >= 0.6 is 0 Å². The van der Waals surface area contributed by atoms with Crippen molar-refractivity contribution in [2.24, 2.45) is 0 Å². The van der Waals surface area contributed by atoms with Crippen LogP contribution < -0.4 is 10.6 Å². The van der Waals surface area contributed by atoms with E-state index in [1.807, 2.05) is 20.8 Å². The molecule has 0 aromatic carbocycles. The van der Waals surface area contributed by atoms with E-state index in [4.69, 9.17) is 4.74 Å². The maximum absolute atomic E-state index is 11.4. The molecule has 4 nitrogen and oxygen atoms in total. The molecule has 2 atom stereocenters. The van der Waals surface area contributed by atoms with E-state index in [-0.39, 0.29) is 18.0 Å². The van der Waals surface area contributed by atoms with Crippen molar-refractivity contribution in [3.8, 4) is 0 Å². The van der Waals surface area contributed by atoms with E-state index in [2.05, 4.69) is 17.2 Å². The van der Waals surface area contributed by atoms with Crippen LogP contribution in [-0.4, -0.2) is 37.7 Å². The van der Waals surface area contributed by atoms with Gasteiger partial charge in [0, 0.05) is 19.2 Å². The zero-order valence-electron chi connectivity index (χ0n) is 9.88. The lowest BCUT2D eigenvalue weighted by molar-refractivity contribution is -0.122. The molecule has 1 amide bonds. The zero-order chi connectivity index (χ0) is 11.7. The lowest BCUT2D eigenvalue weighted by Crippen LogP contribution is -2.47. The van der Waals surface area contributed by atoms with E-state index < -0.39 is 0 Å². The summed E-state index contributed by atoms with van der Waals surface area (Å²) in [5.74, 6) is -0.0155. The minimum absolute atomic E-state index is 0.0155. The van der Waals surface area contributed by atoms with E-state index >= 15 is 0 Å². The quantitative estimate of drug-likeness (QED) is 0.585. The van der Waals surface area contributed by atoms with Crippen LogP contribution in [0.5, 0.6) is 0 Å². The van der Waals surface area contributed by atoms with Gasteiger partial charge >= 0.3 is 0 Å². The Morgan fingerprint density at radius 1 is 1.53 bits per heavy atom. The highest BCUT2D eigenvalue weighted by atomic mass is 16.5. The number of rotatable bonds is 8. The molecular weight excluding hydrogens is 192 g/mol. The van der Waals surface area contributed by atoms with Crippen LogP contribution in [0.25, 0.3) is 0 Å². The fourth-order valence-electron chi connectivity index (χ4n) is 1.17. The highest BCUT2D eigenvalue weighted by Crippen LogP contribution is 1.89. The van der Waals surface area contributed by atoms with E-state index in [0.29, 0.717) is 19.8 Å². The largest absolute Gasteiger partial charge is 0.380 e. The summed E-state index contributed by atoms with van der Waals surface area (Å²) in [7, 11) is 0. The van der Waals surface area contributed by atoms with E-state index in [1.54, 1.807) is 6.08 Å². The van der Waals surface area contributed by atoms with Crippen LogP contribution in [0.15, 0.2) is 12.7 Å². The Labute approximate surface area is 92.1 Å². The summed E-state index contributed by atoms with van der Waals surface area (Å²) in [6, 6.07) is -0.0326. The van der Waals surface area contributed by atoms with Crippen molar-refractivity contribution in [2.45, 2.75) is 32.9 Å². The van der Waals surface area contributed by atoms with E-state index in [0.717, 1.165) is 0 Å². The van der Waals surface area contributed by atoms with Crippen molar-refractivity contribution in [3.05, 3.63) is 12.7 Å². The molecule has 0 spiro atoms. The van der Waals surface area contributed by atoms with E-state index in [1.165, 1.54) is 0 Å². The predicted molar refractivity (Wildman–Crippen MR) is 61.8 cm³/mol. The standard InChI is InChI=1S/C11H22N2O2/c1-5-7-12-11(14)10(4)13-9(3)8-15-6-2/h5,9-10,13H,1,6-8H2,2-4H3,(H,12,14). The van der Waals surface area contributed by atoms with Gasteiger partial charge in [-0.05, 0) is 20.8 Å². The Hall–Kier alpha value is -0.870. The topological polar surface area (TPSA) is 50.4 Å². The zero-order valence-corrected chi connectivity index (χ0v) is 9.88. The highest BCUT2D eigenvalue weighted by Gasteiger charge is 2.13. The van der Waals surface area contributed by atoms with Crippen molar-refractivity contribution in [3.63, 3.8) is 0 Å². The maximum Gasteiger partial charge on any atom is 0.237 e. The van der Waals surface area contributed by atoms with Crippen LogP contribution in [0.3, 0.4) is 0 Å². The van der Waals surface area contributed by atoms with Crippen LogP contribution in [0.4, 0.5) is 0 Å². The normalized spacial score (nSPS) is 14.3. The first-order valence-electron chi connectivity index (χ1n) is 5.34. The van der Waals surface area contributed by atoms with Gasteiger partial charge in [0.15, 0.2) is 0 Å². The molecule has 0 aromatic heterocycles. The summed E-state index contributed by atoms with van der Waals surface area (Å²) in [5.41, 5.74) is 0. The third kappa shape index (κ3) is 7.11. The van der Waals surface area contributed by atoms with Crippen molar-refractivity contribution in [1.29, 1.82) is 0 Å². The number of hydrogen-bond donors (Lipinski definition) is 2.